The Hall–Kier alpha value is -1.92. The molecule has 0 saturated heterocycles. The molecule has 1 aromatic carbocycles. The van der Waals surface area contributed by atoms with Gasteiger partial charge in [0.05, 0.1) is 24.0 Å². The van der Waals surface area contributed by atoms with Crippen LogP contribution in [0.25, 0.3) is 0 Å². The number of rotatable bonds is 6. The number of hydrogen-bond donors (Lipinski definition) is 2. The lowest BCUT2D eigenvalue weighted by Gasteiger charge is -2.19. The molecule has 0 aliphatic carbocycles. The summed E-state index contributed by atoms with van der Waals surface area (Å²) in [6.45, 7) is 1.66. The van der Waals surface area contributed by atoms with E-state index >= 15 is 0 Å². The third-order valence-corrected chi connectivity index (χ3v) is 2.84. The van der Waals surface area contributed by atoms with Gasteiger partial charge in [-0.25, -0.2) is 0 Å². The van der Waals surface area contributed by atoms with Crippen molar-refractivity contribution >= 4 is 17.5 Å². The second-order valence-corrected chi connectivity index (χ2v) is 4.41. The van der Waals surface area contributed by atoms with E-state index in [0.29, 0.717) is 11.3 Å². The lowest BCUT2D eigenvalue weighted by Crippen LogP contribution is -2.35. The summed E-state index contributed by atoms with van der Waals surface area (Å²) in [4.78, 5) is 24.9. The number of aliphatic hydroxyl groups excluding tert-OH is 1. The molecular formula is C14H20N2O4. The number of nitrogens with zero attached hydrogens (tertiary/aromatic N) is 1. The zero-order chi connectivity index (χ0) is 15.1. The Labute approximate surface area is 118 Å². The first-order valence-electron chi connectivity index (χ1n) is 6.26. The Morgan fingerprint density at radius 1 is 1.40 bits per heavy atom. The average Bonchev–Trinajstić information content (AvgIpc) is 2.44. The number of benzene rings is 1. The summed E-state index contributed by atoms with van der Waals surface area (Å²) >= 11 is 0. The number of hydrogen-bond acceptors (Lipinski definition) is 4. The molecule has 0 radical (unpaired) electrons. The number of methoxy groups -OCH3 is 1. The normalized spacial score (nSPS) is 11.8. The highest BCUT2D eigenvalue weighted by Gasteiger charge is 2.16. The zero-order valence-electron chi connectivity index (χ0n) is 11.9. The number of anilines is 1. The maximum atomic E-state index is 12.1. The minimum Gasteiger partial charge on any atom is -0.389 e. The summed E-state index contributed by atoms with van der Waals surface area (Å²) in [5.41, 5.74) is 0.911. The molecule has 0 aliphatic heterocycles. The zero-order valence-corrected chi connectivity index (χ0v) is 11.9. The summed E-state index contributed by atoms with van der Waals surface area (Å²) in [5.74, 6) is -0.506. The van der Waals surface area contributed by atoms with Gasteiger partial charge in [-0.2, -0.15) is 0 Å². The number of ether oxygens (including phenoxy) is 1. The lowest BCUT2D eigenvalue weighted by molar-refractivity contribution is -0.116. The van der Waals surface area contributed by atoms with E-state index in [1.54, 1.807) is 31.3 Å². The van der Waals surface area contributed by atoms with Gasteiger partial charge in [0.2, 0.25) is 5.91 Å². The van der Waals surface area contributed by atoms with Crippen molar-refractivity contribution in [3.63, 3.8) is 0 Å². The quantitative estimate of drug-likeness (QED) is 0.791. The van der Waals surface area contributed by atoms with E-state index < -0.39 is 6.10 Å². The molecule has 2 amide bonds. The Kier molecular flexibility index (Phi) is 6.14. The SMILES string of the molecule is COCC(O)CNC(=O)c1ccccc1N(C)C(C)=O. The number of carbonyl (C=O) groups excluding carboxylic acids is 2. The molecule has 1 unspecified atom stereocenters. The van der Waals surface area contributed by atoms with E-state index in [4.69, 9.17) is 4.74 Å². The number of aliphatic hydroxyl groups is 1. The predicted octanol–water partition coefficient (Wildman–Crippen LogP) is 0.406. The van der Waals surface area contributed by atoms with Crippen LogP contribution in [-0.4, -0.2) is 50.3 Å². The maximum absolute atomic E-state index is 12.1. The molecule has 20 heavy (non-hydrogen) atoms. The van der Waals surface area contributed by atoms with Crippen LogP contribution in [0.5, 0.6) is 0 Å². The standard InChI is InChI=1S/C14H20N2O4/c1-10(17)16(2)13-7-5-4-6-12(13)14(19)15-8-11(18)9-20-3/h4-7,11,18H,8-9H2,1-3H3,(H,15,19). The largest absolute Gasteiger partial charge is 0.389 e. The highest BCUT2D eigenvalue weighted by molar-refractivity contribution is 6.04. The highest BCUT2D eigenvalue weighted by Crippen LogP contribution is 2.19. The molecule has 0 saturated carbocycles. The summed E-state index contributed by atoms with van der Waals surface area (Å²) in [7, 11) is 3.08. The van der Waals surface area contributed by atoms with Gasteiger partial charge >= 0.3 is 0 Å². The van der Waals surface area contributed by atoms with Crippen LogP contribution in [-0.2, 0) is 9.53 Å². The number of nitrogens with one attached hydrogen (secondary N) is 1. The van der Waals surface area contributed by atoms with Crippen molar-refractivity contribution in [3.8, 4) is 0 Å². The molecule has 6 heteroatoms. The fourth-order valence-electron chi connectivity index (χ4n) is 1.68. The van der Waals surface area contributed by atoms with Gasteiger partial charge in [-0.15, -0.1) is 0 Å². The molecule has 1 atom stereocenters. The first-order valence-corrected chi connectivity index (χ1v) is 6.26. The monoisotopic (exact) mass is 280 g/mol. The molecular weight excluding hydrogens is 260 g/mol. The summed E-state index contributed by atoms with van der Waals surface area (Å²) in [6, 6.07) is 6.80. The van der Waals surface area contributed by atoms with E-state index in [0.717, 1.165) is 0 Å². The number of para-hydroxylation sites is 1. The fraction of sp³-hybridized carbons (Fsp3) is 0.429. The second kappa shape index (κ2) is 7.62. The van der Waals surface area contributed by atoms with Crippen LogP contribution in [0.1, 0.15) is 17.3 Å². The molecule has 0 aliphatic rings. The van der Waals surface area contributed by atoms with E-state index in [2.05, 4.69) is 5.32 Å². The van der Waals surface area contributed by atoms with E-state index in [9.17, 15) is 14.7 Å². The third kappa shape index (κ3) is 4.32. The molecule has 0 heterocycles. The van der Waals surface area contributed by atoms with Crippen molar-refractivity contribution in [2.24, 2.45) is 0 Å². The Balaban J connectivity index is 2.80. The minimum atomic E-state index is -0.762. The second-order valence-electron chi connectivity index (χ2n) is 4.41. The van der Waals surface area contributed by atoms with E-state index in [1.807, 2.05) is 0 Å². The molecule has 1 rings (SSSR count). The van der Waals surface area contributed by atoms with Crippen LogP contribution >= 0.6 is 0 Å². The molecule has 0 bridgehead atoms. The van der Waals surface area contributed by atoms with Crippen LogP contribution in [0.3, 0.4) is 0 Å². The van der Waals surface area contributed by atoms with Crippen molar-refractivity contribution in [1.82, 2.24) is 5.32 Å². The topological polar surface area (TPSA) is 78.9 Å². The summed E-state index contributed by atoms with van der Waals surface area (Å²) < 4.78 is 4.78. The summed E-state index contributed by atoms with van der Waals surface area (Å²) in [5, 5.41) is 12.1. The average molecular weight is 280 g/mol. The van der Waals surface area contributed by atoms with Gasteiger partial charge in [0, 0.05) is 27.6 Å². The Morgan fingerprint density at radius 2 is 2.05 bits per heavy atom. The van der Waals surface area contributed by atoms with Crippen molar-refractivity contribution in [3.05, 3.63) is 29.8 Å². The molecule has 1 aromatic rings. The number of carbonyl (C=O) groups is 2. The highest BCUT2D eigenvalue weighted by atomic mass is 16.5. The summed E-state index contributed by atoms with van der Waals surface area (Å²) in [6.07, 6.45) is -0.762. The first kappa shape index (κ1) is 16.1. The van der Waals surface area contributed by atoms with Crippen molar-refractivity contribution in [1.29, 1.82) is 0 Å². The molecule has 6 nitrogen and oxygen atoms in total. The lowest BCUT2D eigenvalue weighted by atomic mass is 10.1. The van der Waals surface area contributed by atoms with Gasteiger partial charge in [0.1, 0.15) is 0 Å². The van der Waals surface area contributed by atoms with Crippen LogP contribution in [0.4, 0.5) is 5.69 Å². The van der Waals surface area contributed by atoms with Gasteiger partial charge in [-0.05, 0) is 12.1 Å². The van der Waals surface area contributed by atoms with Gasteiger partial charge < -0.3 is 20.1 Å². The molecule has 0 fully saturated rings. The van der Waals surface area contributed by atoms with Crippen molar-refractivity contribution in [2.45, 2.75) is 13.0 Å². The minimum absolute atomic E-state index is 0.0881. The molecule has 0 aromatic heterocycles. The van der Waals surface area contributed by atoms with Gasteiger partial charge in [-0.1, -0.05) is 12.1 Å². The third-order valence-electron chi connectivity index (χ3n) is 2.84. The van der Waals surface area contributed by atoms with Gasteiger partial charge in [0.25, 0.3) is 5.91 Å². The van der Waals surface area contributed by atoms with Crippen LogP contribution in [0.2, 0.25) is 0 Å². The van der Waals surface area contributed by atoms with Crippen LogP contribution in [0, 0.1) is 0 Å². The van der Waals surface area contributed by atoms with Gasteiger partial charge in [0.15, 0.2) is 0 Å². The molecule has 2 N–H and O–H groups in total. The maximum Gasteiger partial charge on any atom is 0.253 e. The first-order chi connectivity index (χ1) is 9.47. The van der Waals surface area contributed by atoms with Crippen LogP contribution in [0.15, 0.2) is 24.3 Å². The van der Waals surface area contributed by atoms with E-state index in [-0.39, 0.29) is 25.0 Å². The Morgan fingerprint density at radius 3 is 2.65 bits per heavy atom. The predicted molar refractivity (Wildman–Crippen MR) is 75.7 cm³/mol. The smallest absolute Gasteiger partial charge is 0.253 e. The molecule has 0 spiro atoms. The van der Waals surface area contributed by atoms with E-state index in [1.165, 1.54) is 18.9 Å². The fourth-order valence-corrected chi connectivity index (χ4v) is 1.68. The van der Waals surface area contributed by atoms with Crippen molar-refractivity contribution < 1.29 is 19.4 Å². The number of amides is 2. The molecule has 110 valence electrons. The van der Waals surface area contributed by atoms with Crippen molar-refractivity contribution in [2.75, 3.05) is 32.2 Å². The van der Waals surface area contributed by atoms with Crippen LogP contribution < -0.4 is 10.2 Å². The van der Waals surface area contributed by atoms with Gasteiger partial charge in [-0.3, -0.25) is 9.59 Å². The Bertz CT molecular complexity index is 476.